The third-order valence-electron chi connectivity index (χ3n) is 4.11. The Hall–Kier alpha value is -3.55. The molecule has 2 rings (SSSR count). The number of rotatable bonds is 9. The van der Waals surface area contributed by atoms with Crippen LogP contribution in [0.3, 0.4) is 0 Å². The van der Waals surface area contributed by atoms with Gasteiger partial charge in [-0.2, -0.15) is 0 Å². The van der Waals surface area contributed by atoms with Gasteiger partial charge in [0.2, 0.25) is 5.91 Å². The van der Waals surface area contributed by atoms with Crippen molar-refractivity contribution >= 4 is 23.4 Å². The lowest BCUT2D eigenvalue weighted by Crippen LogP contribution is -2.34. The van der Waals surface area contributed by atoms with Crippen molar-refractivity contribution in [3.8, 4) is 11.5 Å². The van der Waals surface area contributed by atoms with Crippen LogP contribution in [0, 0.1) is 0 Å². The number of carbonyl (C=O) groups excluding carboxylic acids is 3. The average molecular weight is 399 g/mol. The molecule has 3 amide bonds. The number of nitrogens with one attached hydrogen (secondary N) is 3. The molecule has 2 aromatic rings. The zero-order chi connectivity index (χ0) is 21.2. The number of hydrogen-bond donors (Lipinski definition) is 3. The van der Waals surface area contributed by atoms with Gasteiger partial charge in [-0.05, 0) is 36.4 Å². The molecule has 3 N–H and O–H groups in total. The van der Waals surface area contributed by atoms with Gasteiger partial charge in [0.1, 0.15) is 11.5 Å². The molecule has 0 aliphatic heterocycles. The second-order valence-electron chi connectivity index (χ2n) is 6.06. The maximum Gasteiger partial charge on any atom is 0.259 e. The topological polar surface area (TPSA) is 106 Å². The van der Waals surface area contributed by atoms with E-state index in [4.69, 9.17) is 9.47 Å². The molecule has 0 heterocycles. The highest BCUT2D eigenvalue weighted by molar-refractivity contribution is 6.06. The van der Waals surface area contributed by atoms with Gasteiger partial charge in [-0.15, -0.1) is 0 Å². The summed E-state index contributed by atoms with van der Waals surface area (Å²) in [7, 11) is 3.01. The van der Waals surface area contributed by atoms with E-state index in [1.807, 2.05) is 0 Å². The van der Waals surface area contributed by atoms with Crippen molar-refractivity contribution in [1.82, 2.24) is 10.6 Å². The Morgan fingerprint density at radius 2 is 1.55 bits per heavy atom. The van der Waals surface area contributed by atoms with Gasteiger partial charge in [0, 0.05) is 36.8 Å². The Kier molecular flexibility index (Phi) is 8.02. The van der Waals surface area contributed by atoms with Crippen LogP contribution in [0.1, 0.15) is 34.1 Å². The second kappa shape index (κ2) is 10.7. The van der Waals surface area contributed by atoms with Crippen LogP contribution in [0.25, 0.3) is 0 Å². The highest BCUT2D eigenvalue weighted by atomic mass is 16.5. The quantitative estimate of drug-likeness (QED) is 0.561. The predicted molar refractivity (Wildman–Crippen MR) is 110 cm³/mol. The van der Waals surface area contributed by atoms with E-state index in [0.29, 0.717) is 47.8 Å². The van der Waals surface area contributed by atoms with Gasteiger partial charge in [0.15, 0.2) is 0 Å². The van der Waals surface area contributed by atoms with Crippen molar-refractivity contribution in [2.75, 3.05) is 32.6 Å². The first-order valence-electron chi connectivity index (χ1n) is 9.16. The number of carbonyl (C=O) groups is 3. The van der Waals surface area contributed by atoms with Crippen LogP contribution in [0.2, 0.25) is 0 Å². The average Bonchev–Trinajstić information content (AvgIpc) is 2.76. The summed E-state index contributed by atoms with van der Waals surface area (Å²) in [4.78, 5) is 35.8. The molecule has 0 aromatic heterocycles. The Bertz CT molecular complexity index is 865. The Morgan fingerprint density at radius 3 is 2.17 bits per heavy atom. The molecule has 0 fully saturated rings. The summed E-state index contributed by atoms with van der Waals surface area (Å²) in [6.07, 6.45) is 0.406. The molecular formula is C21H25N3O5. The van der Waals surface area contributed by atoms with Gasteiger partial charge in [0.25, 0.3) is 11.8 Å². The minimum Gasteiger partial charge on any atom is -0.497 e. The molecule has 0 saturated heterocycles. The van der Waals surface area contributed by atoms with Crippen LogP contribution >= 0.6 is 0 Å². The number of anilines is 1. The molecule has 0 aliphatic carbocycles. The highest BCUT2D eigenvalue weighted by Gasteiger charge is 2.14. The van der Waals surface area contributed by atoms with E-state index >= 15 is 0 Å². The molecule has 0 saturated carbocycles. The molecule has 0 unspecified atom stereocenters. The molecule has 0 atom stereocenters. The molecular weight excluding hydrogens is 374 g/mol. The van der Waals surface area contributed by atoms with Crippen LogP contribution in [0.4, 0.5) is 5.69 Å². The molecule has 2 aromatic carbocycles. The molecule has 8 heteroatoms. The van der Waals surface area contributed by atoms with Crippen LogP contribution in [-0.2, 0) is 4.79 Å². The predicted octanol–water partition coefficient (Wildman–Crippen LogP) is 2.21. The third kappa shape index (κ3) is 6.24. The van der Waals surface area contributed by atoms with Crippen molar-refractivity contribution in [1.29, 1.82) is 0 Å². The minimum atomic E-state index is -0.339. The summed E-state index contributed by atoms with van der Waals surface area (Å²) in [5.74, 6) is 0.322. The lowest BCUT2D eigenvalue weighted by atomic mass is 10.1. The standard InChI is InChI=1S/C21H25N3O5/c1-4-19(25)22-11-12-23-20(26)14-5-7-15(8-6-14)24-21(27)17-10-9-16(28-2)13-18(17)29-3/h5-10,13H,4,11-12H2,1-3H3,(H,22,25)(H,23,26)(H,24,27). The fourth-order valence-corrected chi connectivity index (χ4v) is 2.49. The number of hydrogen-bond acceptors (Lipinski definition) is 5. The van der Waals surface area contributed by atoms with Gasteiger partial charge in [0.05, 0.1) is 19.8 Å². The van der Waals surface area contributed by atoms with Crippen LogP contribution in [-0.4, -0.2) is 45.0 Å². The van der Waals surface area contributed by atoms with Crippen molar-refractivity contribution in [3.05, 3.63) is 53.6 Å². The van der Waals surface area contributed by atoms with Gasteiger partial charge >= 0.3 is 0 Å². The fourth-order valence-electron chi connectivity index (χ4n) is 2.49. The van der Waals surface area contributed by atoms with Crippen LogP contribution in [0.15, 0.2) is 42.5 Å². The first-order valence-corrected chi connectivity index (χ1v) is 9.16. The number of methoxy groups -OCH3 is 2. The number of benzene rings is 2. The molecule has 0 radical (unpaired) electrons. The summed E-state index contributed by atoms with van der Waals surface area (Å²) >= 11 is 0. The zero-order valence-electron chi connectivity index (χ0n) is 16.7. The molecule has 0 bridgehead atoms. The smallest absolute Gasteiger partial charge is 0.259 e. The Labute approximate surface area is 169 Å². The lowest BCUT2D eigenvalue weighted by molar-refractivity contribution is -0.120. The molecule has 8 nitrogen and oxygen atoms in total. The minimum absolute atomic E-state index is 0.0622. The largest absolute Gasteiger partial charge is 0.497 e. The Balaban J connectivity index is 1.94. The second-order valence-corrected chi connectivity index (χ2v) is 6.06. The van der Waals surface area contributed by atoms with E-state index in [-0.39, 0.29) is 17.7 Å². The fraction of sp³-hybridized carbons (Fsp3) is 0.286. The van der Waals surface area contributed by atoms with E-state index in [1.165, 1.54) is 14.2 Å². The van der Waals surface area contributed by atoms with Crippen LogP contribution < -0.4 is 25.4 Å². The first kappa shape index (κ1) is 21.7. The van der Waals surface area contributed by atoms with E-state index < -0.39 is 0 Å². The summed E-state index contributed by atoms with van der Waals surface area (Å²) in [6, 6.07) is 11.4. The molecule has 29 heavy (non-hydrogen) atoms. The van der Waals surface area contributed by atoms with Gasteiger partial charge < -0.3 is 25.4 Å². The van der Waals surface area contributed by atoms with E-state index in [1.54, 1.807) is 49.4 Å². The number of amides is 3. The normalized spacial score (nSPS) is 10.0. The van der Waals surface area contributed by atoms with Gasteiger partial charge in [-0.25, -0.2) is 0 Å². The van der Waals surface area contributed by atoms with Crippen molar-refractivity contribution < 1.29 is 23.9 Å². The van der Waals surface area contributed by atoms with Crippen molar-refractivity contribution in [2.45, 2.75) is 13.3 Å². The third-order valence-corrected chi connectivity index (χ3v) is 4.11. The van der Waals surface area contributed by atoms with Crippen molar-refractivity contribution in [2.24, 2.45) is 0 Å². The maximum atomic E-state index is 12.5. The van der Waals surface area contributed by atoms with Gasteiger partial charge in [-0.1, -0.05) is 6.92 Å². The van der Waals surface area contributed by atoms with E-state index in [9.17, 15) is 14.4 Å². The SMILES string of the molecule is CCC(=O)NCCNC(=O)c1ccc(NC(=O)c2ccc(OC)cc2OC)cc1. The monoisotopic (exact) mass is 399 g/mol. The maximum absolute atomic E-state index is 12.5. The van der Waals surface area contributed by atoms with Gasteiger partial charge in [-0.3, -0.25) is 14.4 Å². The van der Waals surface area contributed by atoms with E-state index in [2.05, 4.69) is 16.0 Å². The van der Waals surface area contributed by atoms with Crippen molar-refractivity contribution in [3.63, 3.8) is 0 Å². The highest BCUT2D eigenvalue weighted by Crippen LogP contribution is 2.25. The van der Waals surface area contributed by atoms with Crippen LogP contribution in [0.5, 0.6) is 11.5 Å². The molecule has 0 spiro atoms. The zero-order valence-corrected chi connectivity index (χ0v) is 16.7. The summed E-state index contributed by atoms with van der Waals surface area (Å²) in [5, 5.41) is 8.17. The summed E-state index contributed by atoms with van der Waals surface area (Å²) in [6.45, 7) is 2.47. The molecule has 154 valence electrons. The first-order chi connectivity index (χ1) is 14.0. The number of ether oxygens (including phenoxy) is 2. The summed E-state index contributed by atoms with van der Waals surface area (Å²) < 4.78 is 10.4. The molecule has 0 aliphatic rings. The Morgan fingerprint density at radius 1 is 0.862 bits per heavy atom. The lowest BCUT2D eigenvalue weighted by Gasteiger charge is -2.11. The van der Waals surface area contributed by atoms with E-state index in [0.717, 1.165) is 0 Å². The summed E-state index contributed by atoms with van der Waals surface area (Å²) in [5.41, 5.74) is 1.36.